The average molecular weight is 233 g/mol. The Hall–Kier alpha value is -1.68. The summed E-state index contributed by atoms with van der Waals surface area (Å²) in [6, 6.07) is 8.12. The molecular formula is C13H16FN3. The van der Waals surface area contributed by atoms with E-state index < -0.39 is 0 Å². The van der Waals surface area contributed by atoms with Gasteiger partial charge in [-0.15, -0.1) is 0 Å². The van der Waals surface area contributed by atoms with Gasteiger partial charge in [0.05, 0.1) is 12.2 Å². The van der Waals surface area contributed by atoms with Gasteiger partial charge in [-0.2, -0.15) is 5.10 Å². The Morgan fingerprint density at radius 1 is 1.29 bits per heavy atom. The zero-order valence-corrected chi connectivity index (χ0v) is 10.0. The van der Waals surface area contributed by atoms with Gasteiger partial charge in [0.1, 0.15) is 5.82 Å². The molecule has 1 unspecified atom stereocenters. The van der Waals surface area contributed by atoms with E-state index in [1.807, 2.05) is 24.6 Å². The van der Waals surface area contributed by atoms with Gasteiger partial charge in [0.15, 0.2) is 0 Å². The minimum atomic E-state index is -0.243. The maximum absolute atomic E-state index is 12.8. The van der Waals surface area contributed by atoms with Crippen molar-refractivity contribution in [2.45, 2.75) is 26.4 Å². The van der Waals surface area contributed by atoms with Gasteiger partial charge < -0.3 is 5.73 Å². The molecule has 1 aromatic carbocycles. The molecule has 3 nitrogen and oxygen atoms in total. The van der Waals surface area contributed by atoms with Crippen molar-refractivity contribution < 1.29 is 4.39 Å². The quantitative estimate of drug-likeness (QED) is 0.884. The van der Waals surface area contributed by atoms with Gasteiger partial charge in [0.2, 0.25) is 0 Å². The lowest BCUT2D eigenvalue weighted by atomic mass is 10.1. The van der Waals surface area contributed by atoms with E-state index in [1.165, 1.54) is 12.1 Å². The number of rotatable bonds is 3. The zero-order chi connectivity index (χ0) is 12.4. The summed E-state index contributed by atoms with van der Waals surface area (Å²) in [6.07, 6.45) is 0. The highest BCUT2D eigenvalue weighted by atomic mass is 19.1. The van der Waals surface area contributed by atoms with Crippen LogP contribution in [-0.2, 0) is 6.54 Å². The SMILES string of the molecule is Cc1cc(C)n(CC(N)c2ccc(F)cc2)n1. The number of aryl methyl sites for hydroxylation is 2. The van der Waals surface area contributed by atoms with Gasteiger partial charge in [0, 0.05) is 11.7 Å². The molecule has 0 saturated carbocycles. The molecule has 2 aromatic rings. The van der Waals surface area contributed by atoms with E-state index in [-0.39, 0.29) is 11.9 Å². The standard InChI is InChI=1S/C13H16FN3/c1-9-7-10(2)17(16-9)8-13(15)11-3-5-12(14)6-4-11/h3-7,13H,8,15H2,1-2H3. The highest BCUT2D eigenvalue weighted by Gasteiger charge is 2.09. The molecule has 0 fully saturated rings. The van der Waals surface area contributed by atoms with Crippen LogP contribution in [-0.4, -0.2) is 9.78 Å². The molecular weight excluding hydrogens is 217 g/mol. The number of hydrogen-bond donors (Lipinski definition) is 1. The van der Waals surface area contributed by atoms with Crippen molar-refractivity contribution in [3.05, 3.63) is 53.1 Å². The monoisotopic (exact) mass is 233 g/mol. The van der Waals surface area contributed by atoms with E-state index >= 15 is 0 Å². The molecule has 1 atom stereocenters. The molecule has 2 N–H and O–H groups in total. The number of hydrogen-bond acceptors (Lipinski definition) is 2. The first-order valence-corrected chi connectivity index (χ1v) is 5.58. The van der Waals surface area contributed by atoms with Crippen LogP contribution in [0.25, 0.3) is 0 Å². The first-order chi connectivity index (χ1) is 8.06. The molecule has 0 spiro atoms. The van der Waals surface area contributed by atoms with Crippen LogP contribution in [0, 0.1) is 19.7 Å². The number of benzene rings is 1. The van der Waals surface area contributed by atoms with E-state index in [0.717, 1.165) is 17.0 Å². The summed E-state index contributed by atoms with van der Waals surface area (Å²) >= 11 is 0. The summed E-state index contributed by atoms with van der Waals surface area (Å²) < 4.78 is 14.7. The van der Waals surface area contributed by atoms with Crippen LogP contribution in [0.1, 0.15) is 23.0 Å². The summed E-state index contributed by atoms with van der Waals surface area (Å²) in [5, 5.41) is 4.36. The third kappa shape index (κ3) is 2.71. The fraction of sp³-hybridized carbons (Fsp3) is 0.308. The highest BCUT2D eigenvalue weighted by Crippen LogP contribution is 2.14. The fourth-order valence-corrected chi connectivity index (χ4v) is 1.86. The Morgan fingerprint density at radius 2 is 1.94 bits per heavy atom. The molecule has 0 amide bonds. The number of aromatic nitrogens is 2. The van der Waals surface area contributed by atoms with Crippen LogP contribution in [0.4, 0.5) is 4.39 Å². The Morgan fingerprint density at radius 3 is 2.47 bits per heavy atom. The summed E-state index contributed by atoms with van der Waals surface area (Å²) in [5.74, 6) is -0.243. The van der Waals surface area contributed by atoms with Crippen molar-refractivity contribution in [1.82, 2.24) is 9.78 Å². The van der Waals surface area contributed by atoms with Gasteiger partial charge >= 0.3 is 0 Å². The molecule has 1 aromatic heterocycles. The third-order valence-corrected chi connectivity index (χ3v) is 2.77. The van der Waals surface area contributed by atoms with Crippen LogP contribution in [0.3, 0.4) is 0 Å². The van der Waals surface area contributed by atoms with Crippen molar-refractivity contribution in [3.8, 4) is 0 Å². The minimum Gasteiger partial charge on any atom is -0.322 e. The lowest BCUT2D eigenvalue weighted by Crippen LogP contribution is -2.19. The van der Waals surface area contributed by atoms with Gasteiger partial charge in [-0.25, -0.2) is 4.39 Å². The molecule has 0 saturated heterocycles. The van der Waals surface area contributed by atoms with E-state index in [1.54, 1.807) is 12.1 Å². The van der Waals surface area contributed by atoms with Crippen molar-refractivity contribution in [2.24, 2.45) is 5.73 Å². The second-order valence-electron chi connectivity index (χ2n) is 4.27. The van der Waals surface area contributed by atoms with Gasteiger partial charge in [-0.05, 0) is 37.6 Å². The van der Waals surface area contributed by atoms with Gasteiger partial charge in [-0.3, -0.25) is 4.68 Å². The topological polar surface area (TPSA) is 43.8 Å². The van der Waals surface area contributed by atoms with Crippen LogP contribution in [0.5, 0.6) is 0 Å². The predicted molar refractivity (Wildman–Crippen MR) is 65.0 cm³/mol. The van der Waals surface area contributed by atoms with Crippen LogP contribution in [0.2, 0.25) is 0 Å². The lowest BCUT2D eigenvalue weighted by Gasteiger charge is -2.13. The number of halogens is 1. The maximum Gasteiger partial charge on any atom is 0.123 e. The molecule has 0 bridgehead atoms. The van der Waals surface area contributed by atoms with Crippen LogP contribution < -0.4 is 5.73 Å². The van der Waals surface area contributed by atoms with E-state index in [2.05, 4.69) is 5.10 Å². The second kappa shape index (κ2) is 4.67. The molecule has 0 aliphatic rings. The first kappa shape index (κ1) is 11.8. The Bertz CT molecular complexity index is 502. The largest absolute Gasteiger partial charge is 0.322 e. The molecule has 0 radical (unpaired) electrons. The van der Waals surface area contributed by atoms with Crippen LogP contribution >= 0.6 is 0 Å². The molecule has 17 heavy (non-hydrogen) atoms. The van der Waals surface area contributed by atoms with Gasteiger partial charge in [-0.1, -0.05) is 12.1 Å². The van der Waals surface area contributed by atoms with Crippen molar-refractivity contribution >= 4 is 0 Å². The molecule has 90 valence electrons. The lowest BCUT2D eigenvalue weighted by molar-refractivity contribution is 0.514. The zero-order valence-electron chi connectivity index (χ0n) is 10.0. The molecule has 1 heterocycles. The maximum atomic E-state index is 12.8. The number of nitrogens with zero attached hydrogens (tertiary/aromatic N) is 2. The van der Waals surface area contributed by atoms with E-state index in [0.29, 0.717) is 6.54 Å². The van der Waals surface area contributed by atoms with Crippen molar-refractivity contribution in [1.29, 1.82) is 0 Å². The van der Waals surface area contributed by atoms with Gasteiger partial charge in [0.25, 0.3) is 0 Å². The molecule has 0 aliphatic heterocycles. The van der Waals surface area contributed by atoms with Crippen molar-refractivity contribution in [2.75, 3.05) is 0 Å². The molecule has 4 heteroatoms. The van der Waals surface area contributed by atoms with E-state index in [4.69, 9.17) is 5.73 Å². The average Bonchev–Trinajstić information content (AvgIpc) is 2.58. The fourth-order valence-electron chi connectivity index (χ4n) is 1.86. The van der Waals surface area contributed by atoms with Crippen LogP contribution in [0.15, 0.2) is 30.3 Å². The van der Waals surface area contributed by atoms with Crippen molar-refractivity contribution in [3.63, 3.8) is 0 Å². The Labute approximate surface area is 100 Å². The third-order valence-electron chi connectivity index (χ3n) is 2.77. The summed E-state index contributed by atoms with van der Waals surface area (Å²) in [4.78, 5) is 0. The summed E-state index contributed by atoms with van der Waals surface area (Å²) in [5.41, 5.74) is 9.05. The van der Waals surface area contributed by atoms with E-state index in [9.17, 15) is 4.39 Å². The smallest absolute Gasteiger partial charge is 0.123 e. The summed E-state index contributed by atoms with van der Waals surface area (Å²) in [6.45, 7) is 4.55. The first-order valence-electron chi connectivity index (χ1n) is 5.58. The normalized spacial score (nSPS) is 12.7. The summed E-state index contributed by atoms with van der Waals surface area (Å²) in [7, 11) is 0. The molecule has 0 aliphatic carbocycles. The Balaban J connectivity index is 2.13. The highest BCUT2D eigenvalue weighted by molar-refractivity contribution is 5.19. The predicted octanol–water partition coefficient (Wildman–Crippen LogP) is 2.34. The second-order valence-corrected chi connectivity index (χ2v) is 4.27. The number of nitrogens with two attached hydrogens (primary N) is 1. The Kier molecular flexibility index (Phi) is 3.24. The molecule has 2 rings (SSSR count). The minimum absolute atomic E-state index is 0.173.